The molecular formula is C14H24N4O2S. The molecule has 3 heterocycles. The van der Waals surface area contributed by atoms with Gasteiger partial charge in [-0.25, -0.2) is 18.1 Å². The first-order chi connectivity index (χ1) is 9.90. The SMILES string of the molecule is CC1(C)CCCNC1CNS(=O)(=O)c1cnc2n1CCC2. The molecule has 0 spiro atoms. The van der Waals surface area contributed by atoms with Gasteiger partial charge in [0.05, 0.1) is 6.20 Å². The summed E-state index contributed by atoms with van der Waals surface area (Å²) in [5, 5.41) is 3.74. The van der Waals surface area contributed by atoms with Crippen molar-refractivity contribution >= 4 is 10.0 Å². The van der Waals surface area contributed by atoms with Gasteiger partial charge >= 0.3 is 0 Å². The smallest absolute Gasteiger partial charge is 0.257 e. The van der Waals surface area contributed by atoms with E-state index < -0.39 is 10.0 Å². The van der Waals surface area contributed by atoms with E-state index in [9.17, 15) is 8.42 Å². The molecule has 6 nitrogen and oxygen atoms in total. The first kappa shape index (κ1) is 15.0. The minimum absolute atomic E-state index is 0.111. The lowest BCUT2D eigenvalue weighted by molar-refractivity contribution is 0.181. The van der Waals surface area contributed by atoms with Gasteiger partial charge in [0.2, 0.25) is 0 Å². The van der Waals surface area contributed by atoms with Crippen molar-refractivity contribution in [2.75, 3.05) is 13.1 Å². The molecule has 0 amide bonds. The number of fused-ring (bicyclic) bond motifs is 1. The zero-order chi connectivity index (χ0) is 15.1. The maximum absolute atomic E-state index is 12.5. The van der Waals surface area contributed by atoms with E-state index >= 15 is 0 Å². The molecule has 0 aliphatic carbocycles. The monoisotopic (exact) mass is 312 g/mol. The van der Waals surface area contributed by atoms with E-state index in [4.69, 9.17) is 0 Å². The highest BCUT2D eigenvalue weighted by Gasteiger charge is 2.33. The molecule has 0 aromatic carbocycles. The summed E-state index contributed by atoms with van der Waals surface area (Å²) in [6, 6.07) is 0.169. The van der Waals surface area contributed by atoms with Gasteiger partial charge in [-0.1, -0.05) is 13.8 Å². The summed E-state index contributed by atoms with van der Waals surface area (Å²) in [5.74, 6) is 0.881. The van der Waals surface area contributed by atoms with E-state index in [1.165, 1.54) is 6.20 Å². The Morgan fingerprint density at radius 2 is 2.29 bits per heavy atom. The Morgan fingerprint density at radius 3 is 3.05 bits per heavy atom. The van der Waals surface area contributed by atoms with Gasteiger partial charge in [-0.2, -0.15) is 0 Å². The molecule has 1 saturated heterocycles. The molecule has 7 heteroatoms. The summed E-state index contributed by atoms with van der Waals surface area (Å²) in [5.41, 5.74) is 0.111. The zero-order valence-electron chi connectivity index (χ0n) is 12.7. The highest BCUT2D eigenvalue weighted by atomic mass is 32.2. The molecule has 0 bridgehead atoms. The summed E-state index contributed by atoms with van der Waals surface area (Å²) in [7, 11) is -3.48. The van der Waals surface area contributed by atoms with Crippen molar-refractivity contribution in [1.82, 2.24) is 19.6 Å². The average Bonchev–Trinajstić information content (AvgIpc) is 2.98. The topological polar surface area (TPSA) is 76.0 Å². The van der Waals surface area contributed by atoms with Crippen molar-refractivity contribution in [3.8, 4) is 0 Å². The van der Waals surface area contributed by atoms with E-state index in [1.807, 2.05) is 4.57 Å². The van der Waals surface area contributed by atoms with E-state index in [2.05, 4.69) is 28.9 Å². The van der Waals surface area contributed by atoms with Crippen molar-refractivity contribution in [3.05, 3.63) is 12.0 Å². The highest BCUT2D eigenvalue weighted by molar-refractivity contribution is 7.89. The quantitative estimate of drug-likeness (QED) is 0.865. The number of hydrogen-bond donors (Lipinski definition) is 2. The third kappa shape index (κ3) is 2.86. The molecule has 1 aromatic heterocycles. The van der Waals surface area contributed by atoms with Crippen molar-refractivity contribution in [2.24, 2.45) is 5.41 Å². The molecule has 21 heavy (non-hydrogen) atoms. The van der Waals surface area contributed by atoms with Gasteiger partial charge in [0.1, 0.15) is 5.82 Å². The number of imidazole rings is 1. The third-order valence-corrected chi connectivity index (χ3v) is 6.19. The maximum Gasteiger partial charge on any atom is 0.257 e. The molecule has 2 N–H and O–H groups in total. The van der Waals surface area contributed by atoms with Crippen LogP contribution in [0.15, 0.2) is 11.2 Å². The zero-order valence-corrected chi connectivity index (χ0v) is 13.5. The molecule has 1 aromatic rings. The van der Waals surface area contributed by atoms with Gasteiger partial charge in [0.25, 0.3) is 10.0 Å². The fourth-order valence-corrected chi connectivity index (χ4v) is 4.54. The lowest BCUT2D eigenvalue weighted by Gasteiger charge is -2.39. The normalized spacial score (nSPS) is 25.0. The summed E-state index contributed by atoms with van der Waals surface area (Å²) < 4.78 is 29.6. The molecular weight excluding hydrogens is 288 g/mol. The molecule has 2 aliphatic heterocycles. The predicted molar refractivity (Wildman–Crippen MR) is 80.5 cm³/mol. The van der Waals surface area contributed by atoms with Gasteiger partial charge in [0.15, 0.2) is 5.03 Å². The second kappa shape index (κ2) is 5.37. The Hall–Kier alpha value is -0.920. The molecule has 3 rings (SSSR count). The number of aromatic nitrogens is 2. The summed E-state index contributed by atoms with van der Waals surface area (Å²) >= 11 is 0. The van der Waals surface area contributed by atoms with Crippen LogP contribution in [0.5, 0.6) is 0 Å². The van der Waals surface area contributed by atoms with Crippen LogP contribution in [0.25, 0.3) is 0 Å². The van der Waals surface area contributed by atoms with Gasteiger partial charge < -0.3 is 9.88 Å². The lowest BCUT2D eigenvalue weighted by atomic mass is 9.78. The Morgan fingerprint density at radius 1 is 1.48 bits per heavy atom. The number of nitrogens with zero attached hydrogens (tertiary/aromatic N) is 2. The second-order valence-corrected chi connectivity index (χ2v) is 8.43. The van der Waals surface area contributed by atoms with E-state index in [-0.39, 0.29) is 11.5 Å². The number of rotatable bonds is 4. The number of aryl methyl sites for hydroxylation is 1. The van der Waals surface area contributed by atoms with Gasteiger partial charge in [-0.15, -0.1) is 0 Å². The van der Waals surface area contributed by atoms with Crippen molar-refractivity contribution in [2.45, 2.75) is 57.1 Å². The molecule has 0 radical (unpaired) electrons. The van der Waals surface area contributed by atoms with E-state index in [0.717, 1.165) is 44.6 Å². The number of sulfonamides is 1. The predicted octanol–water partition coefficient (Wildman–Crippen LogP) is 0.886. The highest BCUT2D eigenvalue weighted by Crippen LogP contribution is 2.30. The van der Waals surface area contributed by atoms with Crippen LogP contribution in [0.2, 0.25) is 0 Å². The van der Waals surface area contributed by atoms with Crippen molar-refractivity contribution in [3.63, 3.8) is 0 Å². The first-order valence-electron chi connectivity index (χ1n) is 7.68. The van der Waals surface area contributed by atoms with Crippen LogP contribution in [0.1, 0.15) is 38.9 Å². The van der Waals surface area contributed by atoms with Crippen LogP contribution in [-0.2, 0) is 23.0 Å². The van der Waals surface area contributed by atoms with E-state index in [1.54, 1.807) is 0 Å². The standard InChI is InChI=1S/C14H24N4O2S/c1-14(2)6-4-7-15-11(14)9-17-21(19,20)13-10-16-12-5-3-8-18(12)13/h10-11,15,17H,3-9H2,1-2H3. The number of hydrogen-bond acceptors (Lipinski definition) is 4. The second-order valence-electron chi connectivity index (χ2n) is 6.72. The summed E-state index contributed by atoms with van der Waals surface area (Å²) in [6.07, 6.45) is 5.59. The minimum atomic E-state index is -3.48. The molecule has 118 valence electrons. The largest absolute Gasteiger partial charge is 0.318 e. The number of piperidine rings is 1. The van der Waals surface area contributed by atoms with Crippen molar-refractivity contribution < 1.29 is 8.42 Å². The molecule has 2 aliphatic rings. The van der Waals surface area contributed by atoms with Crippen LogP contribution in [0, 0.1) is 5.41 Å². The Labute approximate surface area is 126 Å². The van der Waals surface area contributed by atoms with Gasteiger partial charge in [-0.3, -0.25) is 0 Å². The fraction of sp³-hybridized carbons (Fsp3) is 0.786. The van der Waals surface area contributed by atoms with Gasteiger partial charge in [0, 0.05) is 25.6 Å². The molecule has 1 fully saturated rings. The molecule has 0 saturated carbocycles. The molecule has 1 atom stereocenters. The van der Waals surface area contributed by atoms with Crippen molar-refractivity contribution in [1.29, 1.82) is 0 Å². The Balaban J connectivity index is 1.72. The average molecular weight is 312 g/mol. The summed E-state index contributed by atoms with van der Waals surface area (Å²) in [6.45, 7) is 6.51. The molecule has 1 unspecified atom stereocenters. The third-order valence-electron chi connectivity index (χ3n) is 4.77. The number of nitrogens with one attached hydrogen (secondary N) is 2. The Bertz CT molecular complexity index is 621. The lowest BCUT2D eigenvalue weighted by Crippen LogP contribution is -2.52. The Kier molecular flexibility index (Phi) is 3.83. The van der Waals surface area contributed by atoms with Crippen LogP contribution in [0.4, 0.5) is 0 Å². The summed E-state index contributed by atoms with van der Waals surface area (Å²) in [4.78, 5) is 4.21. The fourth-order valence-electron chi connectivity index (χ4n) is 3.33. The van der Waals surface area contributed by atoms with Crippen LogP contribution < -0.4 is 10.0 Å². The van der Waals surface area contributed by atoms with Crippen LogP contribution in [-0.4, -0.2) is 37.1 Å². The first-order valence-corrected chi connectivity index (χ1v) is 9.16. The van der Waals surface area contributed by atoms with E-state index in [0.29, 0.717) is 11.6 Å². The maximum atomic E-state index is 12.5. The van der Waals surface area contributed by atoms with Gasteiger partial charge in [-0.05, 0) is 31.2 Å². The van der Waals surface area contributed by atoms with Crippen LogP contribution in [0.3, 0.4) is 0 Å². The minimum Gasteiger partial charge on any atom is -0.318 e. The van der Waals surface area contributed by atoms with Crippen LogP contribution >= 0.6 is 0 Å².